The zero-order valence-electron chi connectivity index (χ0n) is 16.9. The van der Waals surface area contributed by atoms with Crippen LogP contribution in [0.2, 0.25) is 0 Å². The lowest BCUT2D eigenvalue weighted by atomic mass is 10.1. The lowest BCUT2D eigenvalue weighted by Crippen LogP contribution is -2.26. The van der Waals surface area contributed by atoms with Crippen LogP contribution in [0.1, 0.15) is 40.4 Å². The van der Waals surface area contributed by atoms with E-state index in [0.29, 0.717) is 36.9 Å². The van der Waals surface area contributed by atoms with Crippen molar-refractivity contribution in [1.29, 1.82) is 0 Å². The van der Waals surface area contributed by atoms with Gasteiger partial charge in [-0.1, -0.05) is 41.3 Å². The summed E-state index contributed by atoms with van der Waals surface area (Å²) in [5.41, 5.74) is 1.60. The summed E-state index contributed by atoms with van der Waals surface area (Å²) in [5.74, 6) is 0.762. The molecule has 0 radical (unpaired) electrons. The number of thioether (sulfide) groups is 1. The van der Waals surface area contributed by atoms with Crippen LogP contribution < -0.4 is 5.32 Å². The summed E-state index contributed by atoms with van der Waals surface area (Å²) in [7, 11) is 0. The van der Waals surface area contributed by atoms with Crippen LogP contribution in [0, 0.1) is 6.92 Å². The molecule has 0 aliphatic carbocycles. The van der Waals surface area contributed by atoms with Gasteiger partial charge in [0.15, 0.2) is 10.1 Å². The van der Waals surface area contributed by atoms with Gasteiger partial charge in [-0.2, -0.15) is 0 Å². The molecule has 0 bridgehead atoms. The Hall–Kier alpha value is -1.94. The molecule has 1 N–H and O–H groups in total. The molecule has 3 aromatic rings. The molecule has 160 valence electrons. The van der Waals surface area contributed by atoms with Gasteiger partial charge >= 0.3 is 0 Å². The van der Waals surface area contributed by atoms with Gasteiger partial charge in [-0.05, 0) is 32.3 Å². The average Bonchev–Trinajstić information content (AvgIpc) is 3.49. The zero-order chi connectivity index (χ0) is 20.8. The highest BCUT2D eigenvalue weighted by atomic mass is 32.2. The number of hydrogen-bond acceptors (Lipinski definition) is 8. The third-order valence-corrected chi connectivity index (χ3v) is 6.83. The molecule has 30 heavy (non-hydrogen) atoms. The minimum atomic E-state index is -0.200. The summed E-state index contributed by atoms with van der Waals surface area (Å²) in [5, 5.41) is 13.0. The van der Waals surface area contributed by atoms with Crippen molar-refractivity contribution in [2.24, 2.45) is 0 Å². The standard InChI is InChI=1S/C21H25N3O4S2/c1-14-23-24-21(30-14)29-13-17-16-7-2-3-8-18(16)28-19(17)20(25)22-9-5-10-26-12-15-6-4-11-27-15/h2-3,7-8,15H,4-6,9-13H2,1H3,(H,22,25). The molecule has 7 nitrogen and oxygen atoms in total. The number of amides is 1. The van der Waals surface area contributed by atoms with Crippen molar-refractivity contribution in [2.75, 3.05) is 26.4 Å². The number of para-hydroxylation sites is 1. The maximum absolute atomic E-state index is 12.8. The highest BCUT2D eigenvalue weighted by Crippen LogP contribution is 2.33. The Morgan fingerprint density at radius 2 is 2.27 bits per heavy atom. The molecule has 1 fully saturated rings. The van der Waals surface area contributed by atoms with E-state index in [-0.39, 0.29) is 12.0 Å². The largest absolute Gasteiger partial charge is 0.451 e. The Kier molecular flexibility index (Phi) is 7.37. The van der Waals surface area contributed by atoms with Gasteiger partial charge in [-0.25, -0.2) is 0 Å². The average molecular weight is 448 g/mol. The van der Waals surface area contributed by atoms with E-state index in [1.165, 1.54) is 0 Å². The summed E-state index contributed by atoms with van der Waals surface area (Å²) in [6, 6.07) is 7.72. The molecule has 1 aliphatic rings. The van der Waals surface area contributed by atoms with Crippen LogP contribution in [0.3, 0.4) is 0 Å². The first kappa shape index (κ1) is 21.3. The highest BCUT2D eigenvalue weighted by Gasteiger charge is 2.21. The molecule has 4 rings (SSSR count). The van der Waals surface area contributed by atoms with E-state index in [1.54, 1.807) is 23.1 Å². The Labute approximate surface area is 183 Å². The first-order valence-corrected chi connectivity index (χ1v) is 11.9. The van der Waals surface area contributed by atoms with Gasteiger partial charge in [-0.15, -0.1) is 10.2 Å². The number of furan rings is 1. The second-order valence-corrected chi connectivity index (χ2v) is 9.51. The summed E-state index contributed by atoms with van der Waals surface area (Å²) < 4.78 is 18.0. The second kappa shape index (κ2) is 10.4. The van der Waals surface area contributed by atoms with E-state index >= 15 is 0 Å². The Morgan fingerprint density at radius 1 is 1.37 bits per heavy atom. The molecule has 1 saturated heterocycles. The molecule has 1 unspecified atom stereocenters. The number of aromatic nitrogens is 2. The lowest BCUT2D eigenvalue weighted by Gasteiger charge is -2.10. The van der Waals surface area contributed by atoms with Crippen molar-refractivity contribution in [3.8, 4) is 0 Å². The number of carbonyl (C=O) groups is 1. The SMILES string of the molecule is Cc1nnc(SCc2c(C(=O)NCCCOCC3CCCO3)oc3ccccc23)s1. The monoisotopic (exact) mass is 447 g/mol. The minimum Gasteiger partial charge on any atom is -0.451 e. The molecule has 0 spiro atoms. The summed E-state index contributed by atoms with van der Waals surface area (Å²) in [4.78, 5) is 12.8. The topological polar surface area (TPSA) is 86.5 Å². The maximum atomic E-state index is 12.8. The quantitative estimate of drug-likeness (QED) is 0.368. The molecule has 1 aromatic carbocycles. The number of benzene rings is 1. The molecule has 9 heteroatoms. The molecule has 1 atom stereocenters. The molecule has 2 aromatic heterocycles. The number of fused-ring (bicyclic) bond motifs is 1. The van der Waals surface area contributed by atoms with Crippen molar-refractivity contribution in [3.63, 3.8) is 0 Å². The summed E-state index contributed by atoms with van der Waals surface area (Å²) in [6.07, 6.45) is 3.15. The van der Waals surface area contributed by atoms with E-state index in [9.17, 15) is 4.79 Å². The predicted molar refractivity (Wildman–Crippen MR) is 117 cm³/mol. The molecule has 1 amide bonds. The van der Waals surface area contributed by atoms with Crippen LogP contribution in [-0.4, -0.2) is 48.6 Å². The molecular formula is C21H25N3O4S2. The summed E-state index contributed by atoms with van der Waals surface area (Å²) >= 11 is 3.11. The van der Waals surface area contributed by atoms with Crippen LogP contribution in [0.25, 0.3) is 11.0 Å². The highest BCUT2D eigenvalue weighted by molar-refractivity contribution is 8.00. The normalized spacial score (nSPS) is 16.4. The van der Waals surface area contributed by atoms with Crippen LogP contribution in [-0.2, 0) is 15.2 Å². The van der Waals surface area contributed by atoms with Crippen LogP contribution >= 0.6 is 23.1 Å². The van der Waals surface area contributed by atoms with Gasteiger partial charge in [0.05, 0.1) is 12.7 Å². The first-order valence-electron chi connectivity index (χ1n) is 10.1. The number of nitrogens with one attached hydrogen (secondary N) is 1. The number of ether oxygens (including phenoxy) is 2. The van der Waals surface area contributed by atoms with Gasteiger partial charge in [-0.3, -0.25) is 4.79 Å². The number of hydrogen-bond donors (Lipinski definition) is 1. The Bertz CT molecular complexity index is 982. The first-order chi connectivity index (χ1) is 14.7. The number of rotatable bonds is 10. The van der Waals surface area contributed by atoms with Gasteiger partial charge in [0.25, 0.3) is 5.91 Å². The van der Waals surface area contributed by atoms with Crippen LogP contribution in [0.4, 0.5) is 0 Å². The van der Waals surface area contributed by atoms with Crippen molar-refractivity contribution in [3.05, 3.63) is 40.6 Å². The third-order valence-electron chi connectivity index (χ3n) is 4.83. The van der Waals surface area contributed by atoms with E-state index in [4.69, 9.17) is 13.9 Å². The molecule has 0 saturated carbocycles. The fourth-order valence-corrected chi connectivity index (χ4v) is 5.19. The van der Waals surface area contributed by atoms with E-state index in [2.05, 4.69) is 15.5 Å². The minimum absolute atomic E-state index is 0.200. The lowest BCUT2D eigenvalue weighted by molar-refractivity contribution is 0.0166. The van der Waals surface area contributed by atoms with E-state index in [0.717, 1.165) is 46.2 Å². The van der Waals surface area contributed by atoms with Gasteiger partial charge in [0, 0.05) is 36.5 Å². The smallest absolute Gasteiger partial charge is 0.287 e. The zero-order valence-corrected chi connectivity index (χ0v) is 18.5. The van der Waals surface area contributed by atoms with Gasteiger partial charge in [0.2, 0.25) is 0 Å². The second-order valence-electron chi connectivity index (χ2n) is 7.10. The fraction of sp³-hybridized carbons (Fsp3) is 0.476. The van der Waals surface area contributed by atoms with Crippen molar-refractivity contribution in [2.45, 2.75) is 42.4 Å². The number of aryl methyl sites for hydroxylation is 1. The van der Waals surface area contributed by atoms with E-state index < -0.39 is 0 Å². The van der Waals surface area contributed by atoms with Crippen LogP contribution in [0.5, 0.6) is 0 Å². The van der Waals surface area contributed by atoms with E-state index in [1.807, 2.05) is 31.2 Å². The molecule has 1 aliphatic heterocycles. The van der Waals surface area contributed by atoms with Crippen molar-refractivity contribution >= 4 is 40.0 Å². The molecular weight excluding hydrogens is 422 g/mol. The Balaban J connectivity index is 1.33. The Morgan fingerprint density at radius 3 is 3.07 bits per heavy atom. The van der Waals surface area contributed by atoms with Gasteiger partial charge < -0.3 is 19.2 Å². The molecule has 3 heterocycles. The number of nitrogens with zero attached hydrogens (tertiary/aromatic N) is 2. The van der Waals surface area contributed by atoms with Crippen molar-refractivity contribution < 1.29 is 18.7 Å². The maximum Gasteiger partial charge on any atom is 0.287 e. The fourth-order valence-electron chi connectivity index (χ4n) is 3.34. The van der Waals surface area contributed by atoms with Gasteiger partial charge in [0.1, 0.15) is 10.6 Å². The van der Waals surface area contributed by atoms with Crippen molar-refractivity contribution in [1.82, 2.24) is 15.5 Å². The number of carbonyl (C=O) groups excluding carboxylic acids is 1. The summed E-state index contributed by atoms with van der Waals surface area (Å²) in [6.45, 7) is 4.52. The predicted octanol–water partition coefficient (Wildman–Crippen LogP) is 4.20. The van der Waals surface area contributed by atoms with Crippen LogP contribution in [0.15, 0.2) is 33.0 Å². The third kappa shape index (κ3) is 5.40.